The van der Waals surface area contributed by atoms with E-state index in [-0.39, 0.29) is 0 Å². The molecule has 1 heterocycles. The van der Waals surface area contributed by atoms with Crippen molar-refractivity contribution in [3.8, 4) is 0 Å². The minimum absolute atomic E-state index is 0.375. The van der Waals surface area contributed by atoms with Crippen molar-refractivity contribution in [1.29, 1.82) is 0 Å². The summed E-state index contributed by atoms with van der Waals surface area (Å²) in [7, 11) is 4.19. The van der Waals surface area contributed by atoms with Crippen LogP contribution in [-0.2, 0) is 0 Å². The molecule has 1 N–H and O–H groups in total. The molecule has 2 rings (SSSR count). The van der Waals surface area contributed by atoms with Crippen LogP contribution in [0.1, 0.15) is 51.1 Å². The third-order valence-electron chi connectivity index (χ3n) is 4.52. The van der Waals surface area contributed by atoms with Crippen molar-refractivity contribution in [2.75, 3.05) is 19.0 Å². The molecule has 3 unspecified atom stereocenters. The van der Waals surface area contributed by atoms with Gasteiger partial charge < -0.3 is 10.2 Å². The predicted octanol–water partition coefficient (Wildman–Crippen LogP) is 3.38. The van der Waals surface area contributed by atoms with Crippen LogP contribution in [0.4, 0.5) is 5.82 Å². The number of nitrogens with one attached hydrogen (secondary N) is 1. The van der Waals surface area contributed by atoms with Crippen molar-refractivity contribution in [3.63, 3.8) is 0 Å². The van der Waals surface area contributed by atoms with Gasteiger partial charge in [0.2, 0.25) is 0 Å². The van der Waals surface area contributed by atoms with Crippen LogP contribution in [0.5, 0.6) is 0 Å². The zero-order valence-corrected chi connectivity index (χ0v) is 12.7. The quantitative estimate of drug-likeness (QED) is 0.900. The maximum absolute atomic E-state index is 4.55. The lowest BCUT2D eigenvalue weighted by Gasteiger charge is -2.35. The Hall–Kier alpha value is -1.09. The standard InChI is InChI=1S/C16H27N3/c1-12-6-5-7-15(10-12)19(4)16-11-14(8-9-18-16)13(2)17-3/h8-9,11-13,15,17H,5-7,10H2,1-4H3. The highest BCUT2D eigenvalue weighted by Gasteiger charge is 2.23. The summed E-state index contributed by atoms with van der Waals surface area (Å²) in [5, 5.41) is 3.29. The van der Waals surface area contributed by atoms with Gasteiger partial charge in [-0.05, 0) is 50.4 Å². The van der Waals surface area contributed by atoms with E-state index in [1.165, 1.54) is 31.2 Å². The Bertz CT molecular complexity index is 405. The zero-order valence-electron chi connectivity index (χ0n) is 12.7. The third kappa shape index (κ3) is 3.47. The summed E-state index contributed by atoms with van der Waals surface area (Å²) >= 11 is 0. The topological polar surface area (TPSA) is 28.2 Å². The molecule has 106 valence electrons. The molecule has 0 spiro atoms. The molecule has 1 saturated carbocycles. The first-order chi connectivity index (χ1) is 9.11. The monoisotopic (exact) mass is 261 g/mol. The van der Waals surface area contributed by atoms with Gasteiger partial charge in [-0.25, -0.2) is 4.98 Å². The van der Waals surface area contributed by atoms with Gasteiger partial charge >= 0.3 is 0 Å². The second kappa shape index (κ2) is 6.38. The molecule has 19 heavy (non-hydrogen) atoms. The van der Waals surface area contributed by atoms with Gasteiger partial charge in [-0.15, -0.1) is 0 Å². The zero-order chi connectivity index (χ0) is 13.8. The highest BCUT2D eigenvalue weighted by atomic mass is 15.2. The van der Waals surface area contributed by atoms with Crippen molar-refractivity contribution >= 4 is 5.82 Å². The SMILES string of the molecule is CNC(C)c1ccnc(N(C)C2CCCC(C)C2)c1. The lowest BCUT2D eigenvalue weighted by atomic mass is 9.86. The summed E-state index contributed by atoms with van der Waals surface area (Å²) in [4.78, 5) is 6.93. The Morgan fingerprint density at radius 1 is 1.42 bits per heavy atom. The van der Waals surface area contributed by atoms with Crippen LogP contribution in [0.15, 0.2) is 18.3 Å². The number of anilines is 1. The predicted molar refractivity (Wildman–Crippen MR) is 81.5 cm³/mol. The first-order valence-corrected chi connectivity index (χ1v) is 7.48. The number of pyridine rings is 1. The molecular formula is C16H27N3. The van der Waals surface area contributed by atoms with E-state index >= 15 is 0 Å². The maximum atomic E-state index is 4.55. The van der Waals surface area contributed by atoms with Gasteiger partial charge in [0.05, 0.1) is 0 Å². The second-order valence-electron chi connectivity index (χ2n) is 5.99. The minimum Gasteiger partial charge on any atom is -0.357 e. The van der Waals surface area contributed by atoms with Crippen LogP contribution < -0.4 is 10.2 Å². The molecular weight excluding hydrogens is 234 g/mol. The molecule has 1 aromatic heterocycles. The number of hydrogen-bond acceptors (Lipinski definition) is 3. The Morgan fingerprint density at radius 3 is 2.89 bits per heavy atom. The molecule has 1 aliphatic carbocycles. The summed E-state index contributed by atoms with van der Waals surface area (Å²) in [6, 6.07) is 5.35. The van der Waals surface area contributed by atoms with Crippen LogP contribution in [0.2, 0.25) is 0 Å². The second-order valence-corrected chi connectivity index (χ2v) is 5.99. The van der Waals surface area contributed by atoms with E-state index in [2.05, 4.69) is 48.2 Å². The van der Waals surface area contributed by atoms with E-state index in [1.54, 1.807) is 0 Å². The largest absolute Gasteiger partial charge is 0.357 e. The van der Waals surface area contributed by atoms with Gasteiger partial charge in [0.25, 0.3) is 0 Å². The molecule has 1 aliphatic rings. The van der Waals surface area contributed by atoms with E-state index < -0.39 is 0 Å². The average molecular weight is 261 g/mol. The fraction of sp³-hybridized carbons (Fsp3) is 0.688. The number of hydrogen-bond donors (Lipinski definition) is 1. The third-order valence-corrected chi connectivity index (χ3v) is 4.52. The van der Waals surface area contributed by atoms with Gasteiger partial charge in [0, 0.05) is 25.3 Å². The van der Waals surface area contributed by atoms with Gasteiger partial charge in [-0.2, -0.15) is 0 Å². The average Bonchev–Trinajstić information content (AvgIpc) is 2.45. The minimum atomic E-state index is 0.375. The molecule has 1 aromatic rings. The molecule has 3 atom stereocenters. The van der Waals surface area contributed by atoms with Crippen LogP contribution in [0, 0.1) is 5.92 Å². The Balaban J connectivity index is 2.12. The van der Waals surface area contributed by atoms with Crippen molar-refractivity contribution in [2.24, 2.45) is 5.92 Å². The Kier molecular flexibility index (Phi) is 4.81. The van der Waals surface area contributed by atoms with E-state index in [1.807, 2.05) is 13.2 Å². The lowest BCUT2D eigenvalue weighted by molar-refractivity contribution is 0.335. The van der Waals surface area contributed by atoms with Crippen LogP contribution in [0.3, 0.4) is 0 Å². The smallest absolute Gasteiger partial charge is 0.128 e. The molecule has 0 bridgehead atoms. The number of aromatic nitrogens is 1. The number of rotatable bonds is 4. The molecule has 0 aromatic carbocycles. The van der Waals surface area contributed by atoms with Crippen molar-refractivity contribution in [2.45, 2.75) is 51.6 Å². The van der Waals surface area contributed by atoms with E-state index in [9.17, 15) is 0 Å². The summed E-state index contributed by atoms with van der Waals surface area (Å²) in [6.45, 7) is 4.55. The molecule has 3 nitrogen and oxygen atoms in total. The highest BCUT2D eigenvalue weighted by molar-refractivity contribution is 5.42. The lowest BCUT2D eigenvalue weighted by Crippen LogP contribution is -2.36. The molecule has 3 heteroatoms. The fourth-order valence-electron chi connectivity index (χ4n) is 3.00. The normalized spacial score (nSPS) is 25.1. The summed E-state index contributed by atoms with van der Waals surface area (Å²) < 4.78 is 0. The van der Waals surface area contributed by atoms with Crippen molar-refractivity contribution in [3.05, 3.63) is 23.9 Å². The van der Waals surface area contributed by atoms with Gasteiger partial charge in [0.1, 0.15) is 5.82 Å². The van der Waals surface area contributed by atoms with Crippen LogP contribution >= 0.6 is 0 Å². The van der Waals surface area contributed by atoms with E-state index in [0.717, 1.165) is 11.7 Å². The first kappa shape index (κ1) is 14.3. The molecule has 0 aliphatic heterocycles. The maximum Gasteiger partial charge on any atom is 0.128 e. The highest BCUT2D eigenvalue weighted by Crippen LogP contribution is 2.29. The summed E-state index contributed by atoms with van der Waals surface area (Å²) in [5.74, 6) is 1.96. The van der Waals surface area contributed by atoms with Gasteiger partial charge in [-0.3, -0.25) is 0 Å². The fourth-order valence-corrected chi connectivity index (χ4v) is 3.00. The molecule has 0 saturated heterocycles. The first-order valence-electron chi connectivity index (χ1n) is 7.48. The Morgan fingerprint density at radius 2 is 2.21 bits per heavy atom. The van der Waals surface area contributed by atoms with Crippen molar-refractivity contribution < 1.29 is 0 Å². The van der Waals surface area contributed by atoms with Crippen LogP contribution in [0.25, 0.3) is 0 Å². The van der Waals surface area contributed by atoms with Gasteiger partial charge in [-0.1, -0.05) is 19.8 Å². The van der Waals surface area contributed by atoms with Gasteiger partial charge in [0.15, 0.2) is 0 Å². The Labute approximate surface area is 117 Å². The summed E-state index contributed by atoms with van der Waals surface area (Å²) in [6.07, 6.45) is 7.26. The molecule has 1 fully saturated rings. The van der Waals surface area contributed by atoms with Crippen LogP contribution in [-0.4, -0.2) is 25.1 Å². The molecule has 0 amide bonds. The van der Waals surface area contributed by atoms with E-state index in [4.69, 9.17) is 0 Å². The molecule has 0 radical (unpaired) electrons. The number of nitrogens with zero attached hydrogens (tertiary/aromatic N) is 2. The summed E-state index contributed by atoms with van der Waals surface area (Å²) in [5.41, 5.74) is 1.31. The van der Waals surface area contributed by atoms with E-state index in [0.29, 0.717) is 12.1 Å². The van der Waals surface area contributed by atoms with Crippen molar-refractivity contribution in [1.82, 2.24) is 10.3 Å².